The molecule has 1 fully saturated rings. The highest BCUT2D eigenvalue weighted by Gasteiger charge is 2.35. The molecule has 4 rings (SSSR count). The van der Waals surface area contributed by atoms with Crippen LogP contribution in [-0.4, -0.2) is 33.9 Å². The van der Waals surface area contributed by atoms with Gasteiger partial charge in [0.2, 0.25) is 5.91 Å². The van der Waals surface area contributed by atoms with E-state index < -0.39 is 0 Å². The molecule has 0 N–H and O–H groups in total. The zero-order chi connectivity index (χ0) is 26.3. The van der Waals surface area contributed by atoms with Crippen LogP contribution in [0, 0.1) is 5.92 Å². The molecule has 6 heteroatoms. The van der Waals surface area contributed by atoms with Crippen LogP contribution in [0.15, 0.2) is 33.5 Å². The number of aromatic nitrogens is 2. The molecule has 192 valence electrons. The third-order valence-electron chi connectivity index (χ3n) is 5.65. The van der Waals surface area contributed by atoms with Gasteiger partial charge in [-0.3, -0.25) is 14.8 Å². The predicted molar refractivity (Wildman–Crippen MR) is 153 cm³/mol. The second kappa shape index (κ2) is 18.1. The van der Waals surface area contributed by atoms with Crippen molar-refractivity contribution in [1.29, 1.82) is 0 Å². The SMILES string of the molecule is CC.CC.CC.CC.CC(=O)N1CCC(C2c3ncc(Br)cc3CCc3cc(Br)cnc32)CC1. The summed E-state index contributed by atoms with van der Waals surface area (Å²) < 4.78 is 2.06. The van der Waals surface area contributed by atoms with E-state index in [1.54, 1.807) is 6.92 Å². The van der Waals surface area contributed by atoms with Gasteiger partial charge in [-0.25, -0.2) is 0 Å². The smallest absolute Gasteiger partial charge is 0.219 e. The number of carbonyl (C=O) groups is 1. The minimum Gasteiger partial charge on any atom is -0.343 e. The summed E-state index contributed by atoms with van der Waals surface area (Å²) in [7, 11) is 0. The van der Waals surface area contributed by atoms with E-state index in [1.165, 1.54) is 22.5 Å². The minimum atomic E-state index is 0.175. The first-order chi connectivity index (χ1) is 16.5. The van der Waals surface area contributed by atoms with Crippen molar-refractivity contribution in [2.24, 2.45) is 5.92 Å². The molecule has 0 unspecified atom stereocenters. The summed E-state index contributed by atoms with van der Waals surface area (Å²) >= 11 is 7.15. The lowest BCUT2D eigenvalue weighted by atomic mass is 9.78. The van der Waals surface area contributed by atoms with Crippen LogP contribution >= 0.6 is 31.9 Å². The Bertz CT molecular complexity index is 796. The fourth-order valence-corrected chi connectivity index (χ4v) is 5.09. The van der Waals surface area contributed by atoms with E-state index in [-0.39, 0.29) is 11.8 Å². The van der Waals surface area contributed by atoms with Crippen molar-refractivity contribution in [2.45, 2.75) is 93.9 Å². The van der Waals surface area contributed by atoms with Crippen LogP contribution in [0.25, 0.3) is 0 Å². The Morgan fingerprint density at radius 3 is 1.53 bits per heavy atom. The van der Waals surface area contributed by atoms with Crippen molar-refractivity contribution in [3.63, 3.8) is 0 Å². The summed E-state index contributed by atoms with van der Waals surface area (Å²) in [5, 5.41) is 0. The minimum absolute atomic E-state index is 0.175. The number of likely N-dealkylation sites (tertiary alicyclic amines) is 1. The van der Waals surface area contributed by atoms with Gasteiger partial charge in [0.05, 0.1) is 11.4 Å². The molecule has 0 spiro atoms. The van der Waals surface area contributed by atoms with Crippen molar-refractivity contribution < 1.29 is 4.79 Å². The lowest BCUT2D eigenvalue weighted by molar-refractivity contribution is -0.130. The van der Waals surface area contributed by atoms with E-state index in [0.717, 1.165) is 47.7 Å². The third-order valence-corrected chi connectivity index (χ3v) is 6.51. The molecule has 1 amide bonds. The first-order valence-corrected chi connectivity index (χ1v) is 14.7. The Kier molecular flexibility index (Phi) is 17.4. The Morgan fingerprint density at radius 2 is 1.18 bits per heavy atom. The number of hydrogen-bond acceptors (Lipinski definition) is 3. The third kappa shape index (κ3) is 8.75. The van der Waals surface area contributed by atoms with Crippen molar-refractivity contribution in [1.82, 2.24) is 14.9 Å². The van der Waals surface area contributed by atoms with Crippen LogP contribution in [0.1, 0.15) is 104 Å². The van der Waals surface area contributed by atoms with E-state index in [2.05, 4.69) is 44.0 Å². The number of fused-ring (bicyclic) bond motifs is 2. The number of amides is 1. The van der Waals surface area contributed by atoms with Gasteiger partial charge in [-0.05, 0) is 86.7 Å². The van der Waals surface area contributed by atoms with E-state index in [4.69, 9.17) is 9.97 Å². The molecule has 0 bridgehead atoms. The topological polar surface area (TPSA) is 46.1 Å². The number of carbonyl (C=O) groups excluding carboxylic acids is 1. The average molecular weight is 599 g/mol. The van der Waals surface area contributed by atoms with E-state index in [9.17, 15) is 4.79 Å². The molecule has 0 saturated carbocycles. The van der Waals surface area contributed by atoms with Gasteiger partial charge in [0.25, 0.3) is 0 Å². The first kappa shape index (κ1) is 32.7. The maximum Gasteiger partial charge on any atom is 0.219 e. The largest absolute Gasteiger partial charge is 0.343 e. The molecule has 34 heavy (non-hydrogen) atoms. The van der Waals surface area contributed by atoms with E-state index in [0.29, 0.717) is 5.92 Å². The summed E-state index contributed by atoms with van der Waals surface area (Å²) in [5.41, 5.74) is 4.96. The summed E-state index contributed by atoms with van der Waals surface area (Å²) in [4.78, 5) is 23.3. The molecule has 1 aliphatic heterocycles. The van der Waals surface area contributed by atoms with Crippen molar-refractivity contribution >= 4 is 37.8 Å². The van der Waals surface area contributed by atoms with E-state index in [1.807, 2.05) is 72.7 Å². The highest BCUT2D eigenvalue weighted by Crippen LogP contribution is 2.42. The lowest BCUT2D eigenvalue weighted by Crippen LogP contribution is -2.39. The Morgan fingerprint density at radius 1 is 0.794 bits per heavy atom. The lowest BCUT2D eigenvalue weighted by Gasteiger charge is -2.36. The maximum atomic E-state index is 11.7. The average Bonchev–Trinajstić information content (AvgIpc) is 3.05. The summed E-state index contributed by atoms with van der Waals surface area (Å²) in [6.45, 7) is 19.3. The second-order valence-electron chi connectivity index (χ2n) is 7.22. The molecule has 2 aromatic heterocycles. The highest BCUT2D eigenvalue weighted by atomic mass is 79.9. The number of hydrogen-bond donors (Lipinski definition) is 0. The molecule has 4 nitrogen and oxygen atoms in total. The molecule has 2 aliphatic rings. The first-order valence-electron chi connectivity index (χ1n) is 13.1. The summed E-state index contributed by atoms with van der Waals surface area (Å²) in [6.07, 6.45) is 7.77. The summed E-state index contributed by atoms with van der Waals surface area (Å²) in [5.74, 6) is 0.843. The fraction of sp³-hybridized carbons (Fsp3) is 0.607. The standard InChI is InChI=1S/C20H21Br2N3O.4C2H6/c1-12(26)25-6-4-13(5-7-25)18-19-14(8-16(21)10-23-19)2-3-15-9-17(22)11-24-20(15)18;4*1-2/h8-11,13,18H,2-7H2,1H3;4*1-2H3. The van der Waals surface area contributed by atoms with Crippen LogP contribution in [0.5, 0.6) is 0 Å². The predicted octanol–water partition coefficient (Wildman–Crippen LogP) is 8.60. The van der Waals surface area contributed by atoms with Gasteiger partial charge in [0, 0.05) is 47.3 Å². The monoisotopic (exact) mass is 597 g/mol. The molecular formula is C28H45Br2N3O. The molecule has 3 heterocycles. The van der Waals surface area contributed by atoms with Crippen LogP contribution in [-0.2, 0) is 17.6 Å². The number of pyridine rings is 2. The second-order valence-corrected chi connectivity index (χ2v) is 9.05. The Balaban J connectivity index is 0.00000124. The van der Waals surface area contributed by atoms with Crippen molar-refractivity contribution in [2.75, 3.05) is 13.1 Å². The van der Waals surface area contributed by atoms with Crippen molar-refractivity contribution in [3.05, 3.63) is 56.0 Å². The highest BCUT2D eigenvalue weighted by molar-refractivity contribution is 9.10. The van der Waals surface area contributed by atoms with Gasteiger partial charge in [0.15, 0.2) is 0 Å². The number of piperidine rings is 1. The quantitative estimate of drug-likeness (QED) is 0.330. The Hall–Kier alpha value is -1.27. The van der Waals surface area contributed by atoms with Gasteiger partial charge in [-0.15, -0.1) is 0 Å². The van der Waals surface area contributed by atoms with Crippen LogP contribution in [0.2, 0.25) is 0 Å². The summed E-state index contributed by atoms with van der Waals surface area (Å²) in [6, 6.07) is 4.42. The van der Waals surface area contributed by atoms with Crippen LogP contribution in [0.3, 0.4) is 0 Å². The normalized spacial score (nSPS) is 14.6. The zero-order valence-electron chi connectivity index (χ0n) is 22.7. The number of rotatable bonds is 1. The maximum absolute atomic E-state index is 11.7. The molecule has 1 aliphatic carbocycles. The molecule has 0 atom stereocenters. The molecule has 1 saturated heterocycles. The molecular weight excluding hydrogens is 554 g/mol. The van der Waals surface area contributed by atoms with E-state index >= 15 is 0 Å². The molecule has 2 aromatic rings. The van der Waals surface area contributed by atoms with Gasteiger partial charge >= 0.3 is 0 Å². The molecule has 0 aromatic carbocycles. The zero-order valence-corrected chi connectivity index (χ0v) is 25.9. The van der Waals surface area contributed by atoms with Crippen LogP contribution < -0.4 is 0 Å². The van der Waals surface area contributed by atoms with Gasteiger partial charge in [-0.1, -0.05) is 55.4 Å². The van der Waals surface area contributed by atoms with Crippen molar-refractivity contribution in [3.8, 4) is 0 Å². The fourth-order valence-electron chi connectivity index (χ4n) is 4.34. The number of halogens is 2. The van der Waals surface area contributed by atoms with Gasteiger partial charge in [-0.2, -0.15) is 0 Å². The number of nitrogens with zero attached hydrogens (tertiary/aromatic N) is 3. The Labute approximate surface area is 225 Å². The van der Waals surface area contributed by atoms with Crippen LogP contribution in [0.4, 0.5) is 0 Å². The van der Waals surface area contributed by atoms with Gasteiger partial charge in [0.1, 0.15) is 0 Å². The number of aryl methyl sites for hydroxylation is 2. The molecule has 0 radical (unpaired) electrons. The van der Waals surface area contributed by atoms with Gasteiger partial charge < -0.3 is 4.90 Å².